The molecule has 13 heavy (non-hydrogen) atoms. The second-order valence-corrected chi connectivity index (χ2v) is 1.41. The highest BCUT2D eigenvalue weighted by Gasteiger charge is 1.56. The molecule has 0 aliphatic rings. The molecule has 0 amide bonds. The van der Waals surface area contributed by atoms with Crippen LogP contribution in [0.3, 0.4) is 0 Å². The zero-order chi connectivity index (χ0) is 12.1. The van der Waals surface area contributed by atoms with Gasteiger partial charge < -0.3 is 0 Å². The Morgan fingerprint density at radius 3 is 1.08 bits per heavy atom. The molecule has 0 heterocycles. The van der Waals surface area contributed by atoms with Crippen molar-refractivity contribution in [2.75, 3.05) is 0 Å². The van der Waals surface area contributed by atoms with Gasteiger partial charge in [-0.25, -0.2) is 0 Å². The number of thiocarbonyl (C=S) groups is 1. The summed E-state index contributed by atoms with van der Waals surface area (Å²) in [6.07, 6.45) is 4.39. The van der Waals surface area contributed by atoms with E-state index in [0.29, 0.717) is 0 Å². The SMILES string of the molecule is C=C.C=CC.C=S.CC.CCCC. The van der Waals surface area contributed by atoms with Gasteiger partial charge in [-0.1, -0.05) is 58.8 Å². The van der Waals surface area contributed by atoms with E-state index in [9.17, 15) is 0 Å². The molecule has 0 aromatic heterocycles. The van der Waals surface area contributed by atoms with E-state index in [1.807, 2.05) is 20.8 Å². The molecule has 0 atom stereocenters. The molecule has 0 N–H and O–H groups in total. The van der Waals surface area contributed by atoms with Crippen LogP contribution in [-0.4, -0.2) is 5.87 Å². The molecule has 0 bridgehead atoms. The number of allylic oxidation sites excluding steroid dienone is 1. The summed E-state index contributed by atoms with van der Waals surface area (Å²) >= 11 is 3.83. The molecule has 0 nitrogen and oxygen atoms in total. The Morgan fingerprint density at radius 2 is 1.08 bits per heavy atom. The van der Waals surface area contributed by atoms with Gasteiger partial charge in [0.05, 0.1) is 0 Å². The highest BCUT2D eigenvalue weighted by Crippen LogP contribution is 1.76. The zero-order valence-electron chi connectivity index (χ0n) is 10.2. The van der Waals surface area contributed by atoms with Gasteiger partial charge in [-0.15, -0.1) is 19.7 Å². The minimum absolute atomic E-state index is 1.32. The van der Waals surface area contributed by atoms with Crippen molar-refractivity contribution >= 4 is 18.1 Å². The maximum atomic E-state index is 3.83. The van der Waals surface area contributed by atoms with Crippen molar-refractivity contribution in [2.24, 2.45) is 0 Å². The van der Waals surface area contributed by atoms with Crippen LogP contribution in [0.5, 0.6) is 0 Å². The average molecular weight is 204 g/mol. The van der Waals surface area contributed by atoms with Crippen molar-refractivity contribution in [3.63, 3.8) is 0 Å². The lowest BCUT2D eigenvalue weighted by molar-refractivity contribution is 0.886. The summed E-state index contributed by atoms with van der Waals surface area (Å²) in [5, 5.41) is 0. The van der Waals surface area contributed by atoms with E-state index in [0.717, 1.165) is 0 Å². The summed E-state index contributed by atoms with van der Waals surface area (Å²) in [6.45, 7) is 19.6. The van der Waals surface area contributed by atoms with Gasteiger partial charge in [-0.2, -0.15) is 0 Å². The van der Waals surface area contributed by atoms with Gasteiger partial charge in [0.15, 0.2) is 0 Å². The largest absolute Gasteiger partial charge is 0.106 e. The van der Waals surface area contributed by atoms with E-state index in [2.05, 4.69) is 51.7 Å². The summed E-state index contributed by atoms with van der Waals surface area (Å²) in [7, 11) is 0. The van der Waals surface area contributed by atoms with E-state index in [1.165, 1.54) is 12.8 Å². The van der Waals surface area contributed by atoms with Crippen LogP contribution in [0.15, 0.2) is 25.8 Å². The first-order valence-corrected chi connectivity index (χ1v) is 5.27. The molecule has 1 heteroatoms. The van der Waals surface area contributed by atoms with Crippen molar-refractivity contribution < 1.29 is 0 Å². The van der Waals surface area contributed by atoms with Crippen LogP contribution in [0.1, 0.15) is 47.5 Å². The quantitative estimate of drug-likeness (QED) is 0.404. The summed E-state index contributed by atoms with van der Waals surface area (Å²) in [5.74, 6) is 2.83. The van der Waals surface area contributed by atoms with E-state index < -0.39 is 0 Å². The lowest BCUT2D eigenvalue weighted by Crippen LogP contribution is -1.47. The van der Waals surface area contributed by atoms with Gasteiger partial charge >= 0.3 is 0 Å². The van der Waals surface area contributed by atoms with Crippen LogP contribution in [0, 0.1) is 0 Å². The molecule has 82 valence electrons. The van der Waals surface area contributed by atoms with Crippen LogP contribution >= 0.6 is 12.2 Å². The van der Waals surface area contributed by atoms with Crippen molar-refractivity contribution in [2.45, 2.75) is 47.5 Å². The molecule has 0 aliphatic carbocycles. The lowest BCUT2D eigenvalue weighted by Gasteiger charge is -1.68. The van der Waals surface area contributed by atoms with Crippen molar-refractivity contribution in [1.29, 1.82) is 0 Å². The van der Waals surface area contributed by atoms with Gasteiger partial charge in [0, 0.05) is 0 Å². The molecule has 0 aromatic rings. The smallest absolute Gasteiger partial charge is 0.0351 e. The normalized spacial score (nSPS) is 4.38. The molecule has 0 spiro atoms. The first-order valence-electron chi connectivity index (χ1n) is 4.69. The van der Waals surface area contributed by atoms with E-state index in [-0.39, 0.29) is 0 Å². The summed E-state index contributed by atoms with van der Waals surface area (Å²) in [5.41, 5.74) is 0. The second kappa shape index (κ2) is 196. The minimum Gasteiger partial charge on any atom is -0.106 e. The molecule has 0 aliphatic heterocycles. The van der Waals surface area contributed by atoms with Gasteiger partial charge in [0.2, 0.25) is 0 Å². The van der Waals surface area contributed by atoms with Gasteiger partial charge in [-0.05, 0) is 12.8 Å². The fraction of sp³-hybridized carbons (Fsp3) is 0.583. The molecule has 0 saturated carbocycles. The standard InChI is InChI=1S/C4H10.C3H6.C2H6.C2H4.CH2S/c1-3-4-2;1-3-2;3*1-2/h3-4H2,1-2H3;3H,1H2,2H3;1-2H3;1-2H2;1H2. The molecule has 0 radical (unpaired) electrons. The van der Waals surface area contributed by atoms with Crippen molar-refractivity contribution in [3.05, 3.63) is 25.8 Å². The molecule has 0 saturated heterocycles. The van der Waals surface area contributed by atoms with Crippen molar-refractivity contribution in [3.8, 4) is 0 Å². The number of rotatable bonds is 1. The van der Waals surface area contributed by atoms with Crippen LogP contribution in [0.4, 0.5) is 0 Å². The highest BCUT2D eigenvalue weighted by molar-refractivity contribution is 7.77. The molecule has 0 fully saturated rings. The van der Waals surface area contributed by atoms with Crippen LogP contribution in [0.2, 0.25) is 0 Å². The van der Waals surface area contributed by atoms with E-state index in [4.69, 9.17) is 0 Å². The van der Waals surface area contributed by atoms with E-state index >= 15 is 0 Å². The fourth-order valence-corrected chi connectivity index (χ4v) is 0. The predicted molar refractivity (Wildman–Crippen MR) is 73.8 cm³/mol. The Kier molecular flexibility index (Phi) is 442. The Hall–Kier alpha value is -0.430. The Labute approximate surface area is 91.8 Å². The predicted octanol–water partition coefficient (Wildman–Crippen LogP) is 5.44. The molecule has 0 aromatic carbocycles. The maximum absolute atomic E-state index is 3.83. The fourth-order valence-electron chi connectivity index (χ4n) is 0. The Bertz CT molecular complexity index is 38.4. The first kappa shape index (κ1) is 29.4. The minimum atomic E-state index is 1.32. The zero-order valence-corrected chi connectivity index (χ0v) is 11.0. The van der Waals surface area contributed by atoms with Gasteiger partial charge in [0.25, 0.3) is 0 Å². The average Bonchev–Trinajstić information content (AvgIpc) is 2.27. The number of unbranched alkanes of at least 4 members (excludes halogenated alkanes) is 1. The van der Waals surface area contributed by atoms with Gasteiger partial charge in [0.1, 0.15) is 0 Å². The lowest BCUT2D eigenvalue weighted by atomic mass is 10.4. The molecular weight excluding hydrogens is 176 g/mol. The highest BCUT2D eigenvalue weighted by atomic mass is 32.1. The molecule has 0 unspecified atom stereocenters. The Morgan fingerprint density at radius 1 is 1.00 bits per heavy atom. The van der Waals surface area contributed by atoms with Crippen molar-refractivity contribution in [1.82, 2.24) is 0 Å². The topological polar surface area (TPSA) is 0 Å². The molecular formula is C12H28S. The summed E-state index contributed by atoms with van der Waals surface area (Å²) in [6, 6.07) is 0. The third kappa shape index (κ3) is 3260. The summed E-state index contributed by atoms with van der Waals surface area (Å²) in [4.78, 5) is 0. The Balaban J connectivity index is -0.0000000215. The number of hydrogen-bond donors (Lipinski definition) is 0. The van der Waals surface area contributed by atoms with Crippen LogP contribution < -0.4 is 0 Å². The van der Waals surface area contributed by atoms with Crippen LogP contribution in [-0.2, 0) is 0 Å². The molecule has 0 rings (SSSR count). The summed E-state index contributed by atoms with van der Waals surface area (Å²) < 4.78 is 0. The monoisotopic (exact) mass is 204 g/mol. The second-order valence-electron chi connectivity index (χ2n) is 1.41. The maximum Gasteiger partial charge on any atom is -0.0351 e. The van der Waals surface area contributed by atoms with Crippen LogP contribution in [0.25, 0.3) is 0 Å². The third-order valence-electron chi connectivity index (χ3n) is 0.500. The van der Waals surface area contributed by atoms with E-state index in [1.54, 1.807) is 6.08 Å². The van der Waals surface area contributed by atoms with Gasteiger partial charge in [-0.3, -0.25) is 0 Å². The number of hydrogen-bond acceptors (Lipinski definition) is 1. The first-order chi connectivity index (χ1) is 6.33. The third-order valence-corrected chi connectivity index (χ3v) is 0.500.